The van der Waals surface area contributed by atoms with Gasteiger partial charge in [-0.1, -0.05) is 85.8 Å². The van der Waals surface area contributed by atoms with Crippen LogP contribution in [0.5, 0.6) is 6.01 Å². The molecule has 0 bridgehead atoms. The van der Waals surface area contributed by atoms with Crippen LogP contribution in [0, 0.1) is 5.92 Å². The minimum absolute atomic E-state index is 0.109. The third-order valence-corrected chi connectivity index (χ3v) is 9.62. The van der Waals surface area contributed by atoms with E-state index < -0.39 is 8.07 Å². The van der Waals surface area contributed by atoms with Crippen LogP contribution in [0.25, 0.3) is 33.3 Å². The van der Waals surface area contributed by atoms with Crippen LogP contribution >= 0.6 is 11.6 Å². The highest BCUT2D eigenvalue weighted by Crippen LogP contribution is 2.36. The predicted octanol–water partition coefficient (Wildman–Crippen LogP) is 8.45. The molecule has 1 heterocycles. The molecular formula is C33H39ClN2O4Si. The van der Waals surface area contributed by atoms with Crippen LogP contribution in [-0.2, 0) is 21.0 Å². The van der Waals surface area contributed by atoms with Crippen molar-refractivity contribution in [2.75, 3.05) is 13.2 Å². The Hall–Kier alpha value is -3.13. The van der Waals surface area contributed by atoms with E-state index >= 15 is 0 Å². The second-order valence-electron chi connectivity index (χ2n) is 11.9. The maximum Gasteiger partial charge on any atom is 0.309 e. The zero-order valence-corrected chi connectivity index (χ0v) is 26.1. The summed E-state index contributed by atoms with van der Waals surface area (Å²) in [5.41, 5.74) is 5.92. The van der Waals surface area contributed by atoms with Gasteiger partial charge in [-0.25, -0.2) is 0 Å². The summed E-state index contributed by atoms with van der Waals surface area (Å²) in [6, 6.07) is 24.3. The van der Waals surface area contributed by atoms with Crippen LogP contribution < -0.4 is 4.74 Å². The quantitative estimate of drug-likeness (QED) is 0.0996. The maximum atomic E-state index is 12.3. The lowest BCUT2D eigenvalue weighted by Gasteiger charge is -2.17. The normalized spacial score (nSPS) is 17.2. The van der Waals surface area contributed by atoms with Crippen molar-refractivity contribution in [3.8, 4) is 28.3 Å². The van der Waals surface area contributed by atoms with Crippen LogP contribution in [-0.4, -0.2) is 42.9 Å². The van der Waals surface area contributed by atoms with E-state index in [1.807, 2.05) is 41.8 Å². The molecule has 1 aliphatic carbocycles. The first-order valence-electron chi connectivity index (χ1n) is 14.5. The maximum absolute atomic E-state index is 12.3. The molecule has 0 amide bonds. The Balaban J connectivity index is 1.42. The summed E-state index contributed by atoms with van der Waals surface area (Å²) in [5, 5.41) is 0.642. The first-order valence-corrected chi connectivity index (χ1v) is 18.6. The zero-order valence-electron chi connectivity index (χ0n) is 24.4. The van der Waals surface area contributed by atoms with Crippen LogP contribution in [0.3, 0.4) is 0 Å². The van der Waals surface area contributed by atoms with E-state index in [1.54, 1.807) is 0 Å². The fourth-order valence-corrected chi connectivity index (χ4v) is 6.26. The number of esters is 1. The lowest BCUT2D eigenvalue weighted by atomic mass is 10.00. The standard InChI is InChI=1S/C33H39ClN2O4Si/c1-5-39-32(37)26-15-16-27(19-26)40-33-35-30-20-28(25-13-11-24(12-14-25)23-9-7-6-8-10-23)29(34)21-31(30)36(33)22-38-17-18-41(2,3)4/h6-14,20-21,26-27H,5,15-19,22H2,1-4H3. The van der Waals surface area contributed by atoms with Gasteiger partial charge >= 0.3 is 5.97 Å². The van der Waals surface area contributed by atoms with E-state index in [-0.39, 0.29) is 18.0 Å². The molecule has 0 saturated heterocycles. The highest BCUT2D eigenvalue weighted by atomic mass is 35.5. The largest absolute Gasteiger partial charge is 0.466 e. The Morgan fingerprint density at radius 3 is 2.41 bits per heavy atom. The smallest absolute Gasteiger partial charge is 0.309 e. The molecule has 41 heavy (non-hydrogen) atoms. The molecule has 2 unspecified atom stereocenters. The minimum Gasteiger partial charge on any atom is -0.466 e. The molecule has 216 valence electrons. The minimum atomic E-state index is -1.23. The summed E-state index contributed by atoms with van der Waals surface area (Å²) in [4.78, 5) is 17.2. The molecule has 0 N–H and O–H groups in total. The summed E-state index contributed by atoms with van der Waals surface area (Å²) in [5.74, 6) is -0.276. The third-order valence-electron chi connectivity index (χ3n) is 7.60. The molecule has 8 heteroatoms. The number of aromatic nitrogens is 2. The van der Waals surface area contributed by atoms with E-state index in [2.05, 4.69) is 56.0 Å². The van der Waals surface area contributed by atoms with Gasteiger partial charge in [0, 0.05) is 20.2 Å². The van der Waals surface area contributed by atoms with Crippen molar-refractivity contribution in [1.29, 1.82) is 0 Å². The summed E-state index contributed by atoms with van der Waals surface area (Å²) in [6.45, 7) is 10.3. The van der Waals surface area contributed by atoms with Gasteiger partial charge in [0.15, 0.2) is 0 Å². The summed E-state index contributed by atoms with van der Waals surface area (Å²) >= 11 is 6.88. The Morgan fingerprint density at radius 1 is 1.00 bits per heavy atom. The number of benzene rings is 3. The number of hydrogen-bond acceptors (Lipinski definition) is 5. The second-order valence-corrected chi connectivity index (χ2v) is 18.0. The molecule has 6 nitrogen and oxygen atoms in total. The fraction of sp³-hybridized carbons (Fsp3) is 0.394. The van der Waals surface area contributed by atoms with Gasteiger partial charge in [-0.2, -0.15) is 4.98 Å². The zero-order chi connectivity index (χ0) is 29.0. The molecule has 0 aliphatic heterocycles. The van der Waals surface area contributed by atoms with Crippen LogP contribution in [0.4, 0.5) is 0 Å². The van der Waals surface area contributed by atoms with Crippen LogP contribution in [0.1, 0.15) is 26.2 Å². The first-order chi connectivity index (χ1) is 19.7. The van der Waals surface area contributed by atoms with Crippen LogP contribution in [0.2, 0.25) is 30.7 Å². The average molecular weight is 591 g/mol. The first kappa shape index (κ1) is 29.4. The molecule has 0 radical (unpaired) electrons. The van der Waals surface area contributed by atoms with Crippen molar-refractivity contribution in [2.24, 2.45) is 5.92 Å². The number of carbonyl (C=O) groups excluding carboxylic acids is 1. The van der Waals surface area contributed by atoms with Gasteiger partial charge in [0.05, 0.1) is 28.6 Å². The van der Waals surface area contributed by atoms with E-state index in [1.165, 1.54) is 5.56 Å². The topological polar surface area (TPSA) is 62.6 Å². The van der Waals surface area contributed by atoms with Crippen molar-refractivity contribution in [3.63, 3.8) is 0 Å². The van der Waals surface area contributed by atoms with E-state index in [4.69, 9.17) is 30.8 Å². The Kier molecular flexibility index (Phi) is 9.17. The summed E-state index contributed by atoms with van der Waals surface area (Å²) in [7, 11) is -1.23. The molecule has 1 aliphatic rings. The van der Waals surface area contributed by atoms with Gasteiger partial charge in [0.25, 0.3) is 6.01 Å². The number of halogens is 1. The molecule has 1 aromatic heterocycles. The lowest BCUT2D eigenvalue weighted by molar-refractivity contribution is -0.147. The highest BCUT2D eigenvalue weighted by molar-refractivity contribution is 6.76. The van der Waals surface area contributed by atoms with Gasteiger partial charge in [0.1, 0.15) is 12.8 Å². The SMILES string of the molecule is CCOC(=O)C1CCC(Oc2nc3cc(-c4ccc(-c5ccccc5)cc4)c(Cl)cc3n2COCC[Si](C)(C)C)C1. The number of carbonyl (C=O) groups is 1. The molecule has 3 aromatic carbocycles. The van der Waals surface area contributed by atoms with E-state index in [0.717, 1.165) is 46.6 Å². The van der Waals surface area contributed by atoms with Crippen molar-refractivity contribution in [3.05, 3.63) is 71.8 Å². The number of rotatable bonds is 11. The van der Waals surface area contributed by atoms with Gasteiger partial charge < -0.3 is 14.2 Å². The summed E-state index contributed by atoms with van der Waals surface area (Å²) < 4.78 is 19.8. The molecule has 4 aromatic rings. The number of fused-ring (bicyclic) bond motifs is 1. The Labute approximate surface area is 248 Å². The number of nitrogens with zero attached hydrogens (tertiary/aromatic N) is 2. The van der Waals surface area contributed by atoms with Crippen LogP contribution in [0.15, 0.2) is 66.7 Å². The van der Waals surface area contributed by atoms with Gasteiger partial charge in [-0.3, -0.25) is 9.36 Å². The molecule has 1 fully saturated rings. The fourth-order valence-electron chi connectivity index (χ4n) is 5.24. The van der Waals surface area contributed by atoms with Crippen molar-refractivity contribution >= 4 is 36.7 Å². The average Bonchev–Trinajstić information content (AvgIpc) is 3.55. The van der Waals surface area contributed by atoms with Gasteiger partial charge in [-0.05, 0) is 61.1 Å². The summed E-state index contributed by atoms with van der Waals surface area (Å²) in [6.07, 6.45) is 2.05. The molecule has 0 spiro atoms. The van der Waals surface area contributed by atoms with E-state index in [0.29, 0.717) is 37.4 Å². The molecule has 5 rings (SSSR count). The lowest BCUT2D eigenvalue weighted by Crippen LogP contribution is -2.22. The van der Waals surface area contributed by atoms with Gasteiger partial charge in [0.2, 0.25) is 0 Å². The number of hydrogen-bond donors (Lipinski definition) is 0. The van der Waals surface area contributed by atoms with Gasteiger partial charge in [-0.15, -0.1) is 0 Å². The van der Waals surface area contributed by atoms with E-state index in [9.17, 15) is 4.79 Å². The Morgan fingerprint density at radius 2 is 1.71 bits per heavy atom. The molecule has 2 atom stereocenters. The third kappa shape index (κ3) is 7.21. The molecular weight excluding hydrogens is 552 g/mol. The monoisotopic (exact) mass is 590 g/mol. The predicted molar refractivity (Wildman–Crippen MR) is 168 cm³/mol. The molecule has 1 saturated carbocycles. The highest BCUT2D eigenvalue weighted by Gasteiger charge is 2.33. The van der Waals surface area contributed by atoms with Crippen molar-refractivity contribution < 1.29 is 19.0 Å². The van der Waals surface area contributed by atoms with Crippen molar-refractivity contribution in [1.82, 2.24) is 9.55 Å². The van der Waals surface area contributed by atoms with Crippen molar-refractivity contribution in [2.45, 2.75) is 64.7 Å². The Bertz CT molecular complexity index is 1480. The second kappa shape index (κ2) is 12.8. The number of imidazole rings is 1. The number of ether oxygens (including phenoxy) is 3.